The van der Waals surface area contributed by atoms with Crippen LogP contribution in [0.4, 0.5) is 10.2 Å². The smallest absolute Gasteiger partial charge is 0.335 e. The second kappa shape index (κ2) is 9.82. The maximum Gasteiger partial charge on any atom is 0.335 e. The van der Waals surface area contributed by atoms with E-state index in [1.807, 2.05) is 54.6 Å². The quantitative estimate of drug-likeness (QED) is 0.280. The fraction of sp³-hybridized carbons (Fsp3) is 0.179. The fourth-order valence-corrected chi connectivity index (χ4v) is 4.68. The Balaban J connectivity index is 1.50. The molecule has 0 amide bonds. The monoisotopic (exact) mass is 563 g/mol. The normalized spacial score (nSPS) is 13.7. The number of ether oxygens (including phenoxy) is 1. The van der Waals surface area contributed by atoms with Gasteiger partial charge in [-0.15, -0.1) is 0 Å². The number of carboxylic acids is 1. The molecule has 2 N–H and O–H groups in total. The van der Waals surface area contributed by atoms with E-state index >= 15 is 0 Å². The highest BCUT2D eigenvalue weighted by Crippen LogP contribution is 2.51. The number of anilines is 1. The maximum absolute atomic E-state index is 14.5. The lowest BCUT2D eigenvalue weighted by atomic mass is 10.0. The van der Waals surface area contributed by atoms with Crippen LogP contribution in [0.3, 0.4) is 0 Å². The van der Waals surface area contributed by atoms with Crippen molar-refractivity contribution < 1.29 is 19.0 Å². The number of hydrogen-bond acceptors (Lipinski definition) is 5. The molecular formula is C28H23BrFN3O4. The van der Waals surface area contributed by atoms with Crippen molar-refractivity contribution in [3.05, 3.63) is 116 Å². The number of carboxylic acid groups (broad SMARTS) is 1. The summed E-state index contributed by atoms with van der Waals surface area (Å²) >= 11 is 3.34. The first-order chi connectivity index (χ1) is 17.8. The number of rotatable bonds is 8. The second-order valence-electron chi connectivity index (χ2n) is 8.97. The molecule has 37 heavy (non-hydrogen) atoms. The van der Waals surface area contributed by atoms with Crippen LogP contribution in [0.5, 0.6) is 5.75 Å². The number of nitrogens with zero attached hydrogens (tertiary/aromatic N) is 2. The first-order valence-electron chi connectivity index (χ1n) is 11.6. The van der Waals surface area contributed by atoms with Gasteiger partial charge < -0.3 is 15.2 Å². The molecule has 3 aromatic carbocycles. The summed E-state index contributed by atoms with van der Waals surface area (Å²) in [5, 5.41) is 12.7. The highest BCUT2D eigenvalue weighted by atomic mass is 79.9. The molecule has 4 aromatic rings. The molecule has 0 atom stereocenters. The molecule has 1 aliphatic carbocycles. The number of nitrogens with one attached hydrogen (secondary N) is 1. The Hall–Kier alpha value is -3.98. The number of para-hydroxylation sites is 1. The van der Waals surface area contributed by atoms with Gasteiger partial charge in [-0.3, -0.25) is 9.36 Å². The second-order valence-corrected chi connectivity index (χ2v) is 9.78. The van der Waals surface area contributed by atoms with Crippen molar-refractivity contribution in [3.63, 3.8) is 0 Å². The average molecular weight is 564 g/mol. The van der Waals surface area contributed by atoms with Crippen LogP contribution in [0.25, 0.3) is 5.69 Å². The van der Waals surface area contributed by atoms with Gasteiger partial charge in [0.2, 0.25) is 0 Å². The minimum atomic E-state index is -1.29. The van der Waals surface area contributed by atoms with E-state index in [-0.39, 0.29) is 22.6 Å². The summed E-state index contributed by atoms with van der Waals surface area (Å²) < 4.78 is 22.2. The predicted molar refractivity (Wildman–Crippen MR) is 141 cm³/mol. The molecule has 1 fully saturated rings. The van der Waals surface area contributed by atoms with E-state index in [4.69, 9.17) is 4.74 Å². The van der Waals surface area contributed by atoms with Gasteiger partial charge in [0.15, 0.2) is 5.82 Å². The first-order valence-corrected chi connectivity index (χ1v) is 12.4. The Bertz CT molecular complexity index is 1550. The van der Waals surface area contributed by atoms with Gasteiger partial charge in [0.05, 0.1) is 16.8 Å². The molecule has 188 valence electrons. The summed E-state index contributed by atoms with van der Waals surface area (Å²) in [7, 11) is 0. The largest absolute Gasteiger partial charge is 0.489 e. The summed E-state index contributed by atoms with van der Waals surface area (Å²) in [4.78, 5) is 29.4. The standard InChI is InChI=1S/C28H23BrFN3O4/c1-17-21(30)13-19(27(35)36)14-22(17)33-15-24(29)31-25(26(33)34)32-28(11-12-28)20-9-5-6-10-23(20)37-16-18-7-3-2-4-8-18/h2-10,13-15H,11-12,16H2,1H3,(H,31,32)(H,35,36). The van der Waals surface area contributed by atoms with Crippen LogP contribution in [0.2, 0.25) is 0 Å². The Morgan fingerprint density at radius 2 is 1.86 bits per heavy atom. The zero-order chi connectivity index (χ0) is 26.2. The molecule has 1 saturated carbocycles. The molecule has 1 heterocycles. The molecule has 5 rings (SSSR count). The van der Waals surface area contributed by atoms with Gasteiger partial charge in [0.25, 0.3) is 5.56 Å². The maximum atomic E-state index is 14.5. The van der Waals surface area contributed by atoms with E-state index < -0.39 is 22.9 Å². The molecule has 7 nitrogen and oxygen atoms in total. The molecule has 0 saturated heterocycles. The lowest BCUT2D eigenvalue weighted by molar-refractivity contribution is 0.0696. The van der Waals surface area contributed by atoms with Crippen molar-refractivity contribution in [2.24, 2.45) is 0 Å². The minimum absolute atomic E-state index is 0.0604. The SMILES string of the molecule is Cc1c(F)cc(C(=O)O)cc1-n1cc(Br)nc(NC2(c3ccccc3OCc3ccccc3)CC2)c1=O. The Labute approximate surface area is 220 Å². The van der Waals surface area contributed by atoms with E-state index in [0.717, 1.165) is 30.0 Å². The highest BCUT2D eigenvalue weighted by Gasteiger charge is 2.47. The molecule has 0 aliphatic heterocycles. The predicted octanol–water partition coefficient (Wildman–Crippen LogP) is 5.82. The van der Waals surface area contributed by atoms with E-state index in [1.165, 1.54) is 23.8 Å². The van der Waals surface area contributed by atoms with E-state index in [9.17, 15) is 19.1 Å². The molecule has 1 aliphatic rings. The third-order valence-electron chi connectivity index (χ3n) is 6.45. The number of carbonyl (C=O) groups is 1. The lowest BCUT2D eigenvalue weighted by Gasteiger charge is -2.22. The van der Waals surface area contributed by atoms with Crippen molar-refractivity contribution >= 4 is 27.7 Å². The fourth-order valence-electron chi connectivity index (χ4n) is 4.30. The van der Waals surface area contributed by atoms with Gasteiger partial charge in [-0.05, 0) is 59.5 Å². The van der Waals surface area contributed by atoms with E-state index in [1.54, 1.807) is 0 Å². The molecule has 1 aromatic heterocycles. The van der Waals surface area contributed by atoms with Crippen LogP contribution in [-0.2, 0) is 12.1 Å². The van der Waals surface area contributed by atoms with Crippen molar-refractivity contribution in [2.75, 3.05) is 5.32 Å². The van der Waals surface area contributed by atoms with Crippen molar-refractivity contribution in [1.29, 1.82) is 0 Å². The highest BCUT2D eigenvalue weighted by molar-refractivity contribution is 9.10. The molecular weight excluding hydrogens is 541 g/mol. The van der Waals surface area contributed by atoms with Crippen LogP contribution in [0.1, 0.15) is 39.9 Å². The Morgan fingerprint density at radius 3 is 2.57 bits per heavy atom. The summed E-state index contributed by atoms with van der Waals surface area (Å²) in [5.41, 5.74) is 0.896. The first kappa shape index (κ1) is 24.7. The number of aromatic carboxylic acids is 1. The van der Waals surface area contributed by atoms with Gasteiger partial charge in [0.1, 0.15) is 22.8 Å². The van der Waals surface area contributed by atoms with Crippen molar-refractivity contribution in [2.45, 2.75) is 31.9 Å². The third-order valence-corrected chi connectivity index (χ3v) is 6.83. The Kier molecular flexibility index (Phi) is 6.55. The van der Waals surface area contributed by atoms with Crippen LogP contribution in [-0.4, -0.2) is 20.6 Å². The lowest BCUT2D eigenvalue weighted by Crippen LogP contribution is -2.29. The zero-order valence-electron chi connectivity index (χ0n) is 19.9. The summed E-state index contributed by atoms with van der Waals surface area (Å²) in [6.07, 6.45) is 2.92. The molecule has 9 heteroatoms. The van der Waals surface area contributed by atoms with Crippen LogP contribution in [0, 0.1) is 12.7 Å². The van der Waals surface area contributed by atoms with Crippen LogP contribution in [0.15, 0.2) is 82.3 Å². The number of halogens is 2. The minimum Gasteiger partial charge on any atom is -0.489 e. The molecule has 0 spiro atoms. The van der Waals surface area contributed by atoms with Crippen molar-refractivity contribution in [3.8, 4) is 11.4 Å². The Morgan fingerprint density at radius 1 is 1.16 bits per heavy atom. The summed E-state index contributed by atoms with van der Waals surface area (Å²) in [5.74, 6) is -1.24. The van der Waals surface area contributed by atoms with Crippen LogP contribution >= 0.6 is 15.9 Å². The molecule has 0 radical (unpaired) electrons. The number of hydrogen-bond donors (Lipinski definition) is 2. The van der Waals surface area contributed by atoms with E-state index in [2.05, 4.69) is 26.2 Å². The molecule has 0 bridgehead atoms. The summed E-state index contributed by atoms with van der Waals surface area (Å²) in [6.45, 7) is 1.90. The van der Waals surface area contributed by atoms with Crippen LogP contribution < -0.4 is 15.6 Å². The van der Waals surface area contributed by atoms with Gasteiger partial charge in [-0.2, -0.15) is 0 Å². The number of benzene rings is 3. The zero-order valence-corrected chi connectivity index (χ0v) is 21.5. The summed E-state index contributed by atoms with van der Waals surface area (Å²) in [6, 6.07) is 19.7. The van der Waals surface area contributed by atoms with Crippen molar-refractivity contribution in [1.82, 2.24) is 9.55 Å². The topological polar surface area (TPSA) is 93.4 Å². The van der Waals surface area contributed by atoms with Gasteiger partial charge in [0, 0.05) is 17.3 Å². The number of aromatic nitrogens is 2. The van der Waals surface area contributed by atoms with Gasteiger partial charge >= 0.3 is 5.97 Å². The van der Waals surface area contributed by atoms with E-state index in [0.29, 0.717) is 17.0 Å². The van der Waals surface area contributed by atoms with Gasteiger partial charge in [-0.25, -0.2) is 14.2 Å². The average Bonchev–Trinajstić information content (AvgIpc) is 3.67. The molecule has 0 unspecified atom stereocenters. The van der Waals surface area contributed by atoms with Gasteiger partial charge in [-0.1, -0.05) is 48.5 Å². The third kappa shape index (κ3) is 4.99.